The van der Waals surface area contributed by atoms with Gasteiger partial charge in [0.25, 0.3) is 0 Å². The second kappa shape index (κ2) is 7.20. The zero-order valence-corrected chi connectivity index (χ0v) is 13.6. The highest BCUT2D eigenvalue weighted by Crippen LogP contribution is 2.28. The van der Waals surface area contributed by atoms with E-state index in [2.05, 4.69) is 26.1 Å². The third-order valence-corrected chi connectivity index (χ3v) is 5.19. The van der Waals surface area contributed by atoms with Crippen LogP contribution >= 0.6 is 11.8 Å². The lowest BCUT2D eigenvalue weighted by atomic mass is 9.91. The first-order valence-corrected chi connectivity index (χ1v) is 8.33. The Morgan fingerprint density at radius 2 is 2.10 bits per heavy atom. The van der Waals surface area contributed by atoms with Gasteiger partial charge in [0.05, 0.1) is 5.92 Å². The van der Waals surface area contributed by atoms with Crippen molar-refractivity contribution in [3.8, 4) is 0 Å². The number of nitrogens with zero attached hydrogens (tertiary/aromatic N) is 1. The van der Waals surface area contributed by atoms with Crippen molar-refractivity contribution in [2.24, 2.45) is 11.3 Å². The van der Waals surface area contributed by atoms with Gasteiger partial charge in [0.1, 0.15) is 0 Å². The molecule has 2 amide bonds. The van der Waals surface area contributed by atoms with Gasteiger partial charge < -0.3 is 15.3 Å². The number of rotatable bonds is 4. The molecule has 0 aromatic carbocycles. The van der Waals surface area contributed by atoms with Crippen molar-refractivity contribution in [1.82, 2.24) is 10.2 Å². The highest BCUT2D eigenvalue weighted by Gasteiger charge is 2.29. The Balaban J connectivity index is 2.48. The summed E-state index contributed by atoms with van der Waals surface area (Å²) in [6.45, 7) is 8.04. The summed E-state index contributed by atoms with van der Waals surface area (Å²) in [6.07, 6.45) is 3.47. The Hall–Kier alpha value is -0.910. The van der Waals surface area contributed by atoms with Crippen LogP contribution in [0.25, 0.3) is 0 Å². The zero-order valence-electron chi connectivity index (χ0n) is 12.8. The Labute approximate surface area is 125 Å². The minimum atomic E-state index is -0.806. The van der Waals surface area contributed by atoms with E-state index in [1.807, 2.05) is 6.26 Å². The van der Waals surface area contributed by atoms with Crippen LogP contribution in [0.4, 0.5) is 4.79 Å². The lowest BCUT2D eigenvalue weighted by molar-refractivity contribution is -0.143. The van der Waals surface area contributed by atoms with Crippen LogP contribution in [-0.2, 0) is 4.79 Å². The summed E-state index contributed by atoms with van der Waals surface area (Å²) in [5.41, 5.74) is 0.123. The second-order valence-corrected chi connectivity index (χ2v) is 7.44. The molecule has 0 radical (unpaired) electrons. The highest BCUT2D eigenvalue weighted by molar-refractivity contribution is 7.99. The van der Waals surface area contributed by atoms with Crippen molar-refractivity contribution >= 4 is 23.8 Å². The van der Waals surface area contributed by atoms with Crippen LogP contribution in [0.2, 0.25) is 0 Å². The molecule has 2 atom stereocenters. The molecule has 0 aromatic heterocycles. The SMILES string of the molecule is CSC(CNC(=O)N1CCCC(C(=O)O)C1)C(C)(C)C. The number of carboxylic acid groups (broad SMARTS) is 1. The standard InChI is InChI=1S/C14H26N2O3S/c1-14(2,3)11(20-4)8-15-13(19)16-7-5-6-10(9-16)12(17)18/h10-11H,5-9H2,1-4H3,(H,15,19)(H,17,18). The van der Waals surface area contributed by atoms with Crippen LogP contribution in [0.15, 0.2) is 0 Å². The second-order valence-electron chi connectivity index (χ2n) is 6.40. The van der Waals surface area contributed by atoms with E-state index in [0.29, 0.717) is 31.3 Å². The summed E-state index contributed by atoms with van der Waals surface area (Å²) >= 11 is 1.74. The number of nitrogens with one attached hydrogen (secondary N) is 1. The van der Waals surface area contributed by atoms with E-state index in [0.717, 1.165) is 6.42 Å². The van der Waals surface area contributed by atoms with Gasteiger partial charge in [-0.3, -0.25) is 4.79 Å². The molecule has 116 valence electrons. The average Bonchev–Trinajstić information content (AvgIpc) is 2.37. The summed E-state index contributed by atoms with van der Waals surface area (Å²) in [7, 11) is 0. The van der Waals surface area contributed by atoms with Gasteiger partial charge in [-0.15, -0.1) is 0 Å². The molecule has 0 bridgehead atoms. The molecule has 2 N–H and O–H groups in total. The molecule has 1 heterocycles. The van der Waals surface area contributed by atoms with E-state index < -0.39 is 11.9 Å². The van der Waals surface area contributed by atoms with Crippen molar-refractivity contribution in [2.75, 3.05) is 25.9 Å². The van der Waals surface area contributed by atoms with E-state index in [1.54, 1.807) is 16.7 Å². The number of carbonyl (C=O) groups excluding carboxylic acids is 1. The minimum Gasteiger partial charge on any atom is -0.481 e. The highest BCUT2D eigenvalue weighted by atomic mass is 32.2. The number of carbonyl (C=O) groups is 2. The Morgan fingerprint density at radius 3 is 2.60 bits per heavy atom. The molecule has 6 heteroatoms. The first-order chi connectivity index (χ1) is 9.25. The smallest absolute Gasteiger partial charge is 0.317 e. The molecule has 5 nitrogen and oxygen atoms in total. The molecular weight excluding hydrogens is 276 g/mol. The number of aliphatic carboxylic acids is 1. The molecule has 0 spiro atoms. The molecule has 1 rings (SSSR count). The number of piperidine rings is 1. The number of hydrogen-bond donors (Lipinski definition) is 2. The van der Waals surface area contributed by atoms with Crippen LogP contribution in [0.3, 0.4) is 0 Å². The van der Waals surface area contributed by atoms with Crippen LogP contribution in [-0.4, -0.2) is 53.1 Å². The van der Waals surface area contributed by atoms with Crippen LogP contribution in [0, 0.1) is 11.3 Å². The largest absolute Gasteiger partial charge is 0.481 e. The normalized spacial score (nSPS) is 21.4. The maximum absolute atomic E-state index is 12.1. The monoisotopic (exact) mass is 302 g/mol. The first kappa shape index (κ1) is 17.1. The molecule has 20 heavy (non-hydrogen) atoms. The molecule has 0 aromatic rings. The fourth-order valence-electron chi connectivity index (χ4n) is 2.40. The van der Waals surface area contributed by atoms with Gasteiger partial charge in [-0.25, -0.2) is 4.79 Å². The van der Waals surface area contributed by atoms with Gasteiger partial charge in [-0.05, 0) is 24.5 Å². The summed E-state index contributed by atoms with van der Waals surface area (Å²) in [5, 5.41) is 12.3. The van der Waals surface area contributed by atoms with E-state index in [1.165, 1.54) is 0 Å². The van der Waals surface area contributed by atoms with Crippen molar-refractivity contribution in [1.29, 1.82) is 0 Å². The molecule has 0 saturated carbocycles. The van der Waals surface area contributed by atoms with Crippen molar-refractivity contribution in [2.45, 2.75) is 38.9 Å². The topological polar surface area (TPSA) is 69.6 Å². The predicted octanol–water partition coefficient (Wildman–Crippen LogP) is 2.27. The lowest BCUT2D eigenvalue weighted by Gasteiger charge is -2.33. The number of hydrogen-bond acceptors (Lipinski definition) is 3. The fourth-order valence-corrected chi connectivity index (χ4v) is 3.36. The van der Waals surface area contributed by atoms with Crippen molar-refractivity contribution < 1.29 is 14.7 Å². The number of amides is 2. The van der Waals surface area contributed by atoms with Crippen LogP contribution in [0.1, 0.15) is 33.6 Å². The third-order valence-electron chi connectivity index (χ3n) is 3.75. The minimum absolute atomic E-state index is 0.123. The summed E-state index contributed by atoms with van der Waals surface area (Å²) in [4.78, 5) is 24.8. The van der Waals surface area contributed by atoms with Crippen molar-refractivity contribution in [3.63, 3.8) is 0 Å². The van der Waals surface area contributed by atoms with E-state index in [-0.39, 0.29) is 11.4 Å². The first-order valence-electron chi connectivity index (χ1n) is 7.04. The lowest BCUT2D eigenvalue weighted by Crippen LogP contribution is -2.49. The van der Waals surface area contributed by atoms with Crippen molar-refractivity contribution in [3.05, 3.63) is 0 Å². The summed E-state index contributed by atoms with van der Waals surface area (Å²) in [6, 6.07) is -0.140. The maximum Gasteiger partial charge on any atom is 0.317 e. The summed E-state index contributed by atoms with van der Waals surface area (Å²) in [5.74, 6) is -1.23. The Bertz CT molecular complexity index is 355. The van der Waals surface area contributed by atoms with Gasteiger partial charge >= 0.3 is 12.0 Å². The molecule has 1 aliphatic rings. The number of thioether (sulfide) groups is 1. The van der Waals surface area contributed by atoms with Gasteiger partial charge in [0.15, 0.2) is 0 Å². The third kappa shape index (κ3) is 4.89. The molecule has 1 aliphatic heterocycles. The van der Waals surface area contributed by atoms with Gasteiger partial charge in [0, 0.05) is 24.9 Å². The predicted molar refractivity (Wildman–Crippen MR) is 82.1 cm³/mol. The Morgan fingerprint density at radius 1 is 1.45 bits per heavy atom. The Kier molecular flexibility index (Phi) is 6.17. The quantitative estimate of drug-likeness (QED) is 0.836. The van der Waals surface area contributed by atoms with Gasteiger partial charge in [-0.1, -0.05) is 20.8 Å². The maximum atomic E-state index is 12.1. The molecule has 2 unspecified atom stereocenters. The number of likely N-dealkylation sites (tertiary alicyclic amines) is 1. The number of carboxylic acids is 1. The zero-order chi connectivity index (χ0) is 15.3. The molecule has 1 saturated heterocycles. The molecule has 1 fully saturated rings. The molecule has 0 aliphatic carbocycles. The van der Waals surface area contributed by atoms with Crippen LogP contribution < -0.4 is 5.32 Å². The average molecular weight is 302 g/mol. The van der Waals surface area contributed by atoms with E-state index >= 15 is 0 Å². The van der Waals surface area contributed by atoms with Gasteiger partial charge in [0.2, 0.25) is 0 Å². The summed E-state index contributed by atoms with van der Waals surface area (Å²) < 4.78 is 0. The van der Waals surface area contributed by atoms with E-state index in [4.69, 9.17) is 5.11 Å². The van der Waals surface area contributed by atoms with Crippen LogP contribution in [0.5, 0.6) is 0 Å². The number of urea groups is 1. The molecular formula is C14H26N2O3S. The van der Waals surface area contributed by atoms with E-state index in [9.17, 15) is 9.59 Å². The van der Waals surface area contributed by atoms with Gasteiger partial charge in [-0.2, -0.15) is 11.8 Å². The fraction of sp³-hybridized carbons (Fsp3) is 0.857.